The second kappa shape index (κ2) is 8.48. The lowest BCUT2D eigenvalue weighted by Gasteiger charge is -2.47. The van der Waals surface area contributed by atoms with Crippen molar-refractivity contribution in [2.75, 3.05) is 13.2 Å². The molecule has 1 aliphatic heterocycles. The smallest absolute Gasteiger partial charge is 0.123 e. The molecule has 1 aliphatic carbocycles. The van der Waals surface area contributed by atoms with Gasteiger partial charge < -0.3 is 10.1 Å². The third kappa shape index (κ3) is 4.40. The normalized spacial score (nSPS) is 23.9. The Bertz CT molecular complexity index is 791. The van der Waals surface area contributed by atoms with E-state index in [1.165, 1.54) is 18.4 Å². The Kier molecular flexibility index (Phi) is 6.00. The van der Waals surface area contributed by atoms with Crippen LogP contribution in [0.4, 0.5) is 4.39 Å². The second-order valence-electron chi connectivity index (χ2n) is 8.39. The number of nitrogens with one attached hydrogen (secondary N) is 1. The van der Waals surface area contributed by atoms with Crippen molar-refractivity contribution in [3.05, 3.63) is 64.7 Å². The molecule has 1 aromatic carbocycles. The van der Waals surface area contributed by atoms with Crippen LogP contribution in [0.25, 0.3) is 0 Å². The minimum absolute atomic E-state index is 0.0174. The van der Waals surface area contributed by atoms with Gasteiger partial charge in [-0.3, -0.25) is 4.98 Å². The van der Waals surface area contributed by atoms with Crippen LogP contribution in [0.2, 0.25) is 5.02 Å². The van der Waals surface area contributed by atoms with E-state index in [1.807, 2.05) is 24.4 Å². The Morgan fingerprint density at radius 2 is 1.89 bits per heavy atom. The summed E-state index contributed by atoms with van der Waals surface area (Å²) >= 11 is 6.03. The number of ether oxygens (including phenoxy) is 1. The molecule has 1 aromatic heterocycles. The van der Waals surface area contributed by atoms with Gasteiger partial charge in [0, 0.05) is 31.0 Å². The third-order valence-electron chi connectivity index (χ3n) is 6.49. The van der Waals surface area contributed by atoms with E-state index in [9.17, 15) is 4.39 Å². The van der Waals surface area contributed by atoms with E-state index < -0.39 is 0 Å². The predicted octanol–water partition coefficient (Wildman–Crippen LogP) is 5.42. The van der Waals surface area contributed by atoms with E-state index in [0.29, 0.717) is 5.02 Å². The number of hydrogen-bond donors (Lipinski definition) is 1. The largest absolute Gasteiger partial charge is 0.375 e. The van der Waals surface area contributed by atoms with Crippen molar-refractivity contribution < 1.29 is 9.13 Å². The molecule has 2 fully saturated rings. The number of nitrogens with zero attached hydrogens (tertiary/aromatic N) is 1. The highest BCUT2D eigenvalue weighted by Gasteiger charge is 2.47. The van der Waals surface area contributed by atoms with E-state index in [1.54, 1.807) is 18.3 Å². The van der Waals surface area contributed by atoms with Gasteiger partial charge in [-0.25, -0.2) is 4.39 Å². The lowest BCUT2D eigenvalue weighted by Crippen LogP contribution is -2.47. The van der Waals surface area contributed by atoms with Crippen molar-refractivity contribution in [1.82, 2.24) is 10.3 Å². The highest BCUT2D eigenvalue weighted by molar-refractivity contribution is 6.30. The van der Waals surface area contributed by atoms with Gasteiger partial charge >= 0.3 is 0 Å². The van der Waals surface area contributed by atoms with E-state index in [-0.39, 0.29) is 16.8 Å². The Morgan fingerprint density at radius 3 is 2.64 bits per heavy atom. The van der Waals surface area contributed by atoms with Gasteiger partial charge in [0.25, 0.3) is 0 Å². The van der Waals surface area contributed by atoms with Crippen LogP contribution in [0.15, 0.2) is 42.7 Å². The Labute approximate surface area is 171 Å². The number of hydrogen-bond acceptors (Lipinski definition) is 3. The summed E-state index contributed by atoms with van der Waals surface area (Å²) in [5, 5.41) is 4.21. The SMILES string of the molecule is Fc1ccc([C@]2(CCNCc3cncc(Cl)c3)CCOC3(CCCC3)C2)cc1. The summed E-state index contributed by atoms with van der Waals surface area (Å²) in [5.74, 6) is -0.173. The molecule has 1 atom stereocenters. The summed E-state index contributed by atoms with van der Waals surface area (Å²) in [5.41, 5.74) is 2.39. The van der Waals surface area contributed by atoms with Crippen LogP contribution in [0.3, 0.4) is 0 Å². The molecular weight excluding hydrogens is 375 g/mol. The fourth-order valence-corrected chi connectivity index (χ4v) is 5.28. The first-order valence-corrected chi connectivity index (χ1v) is 10.7. The molecule has 2 heterocycles. The maximum atomic E-state index is 13.5. The standard InChI is InChI=1S/C23H28ClFN2O/c24-20-13-18(15-27-16-20)14-26-11-9-22(19-3-5-21(25)6-4-19)10-12-28-23(17-22)7-1-2-8-23/h3-6,13,15-16,26H,1-2,7-12,14,17H2/t22-/m1/s1. The zero-order valence-corrected chi connectivity index (χ0v) is 17.0. The van der Waals surface area contributed by atoms with Gasteiger partial charge in [-0.1, -0.05) is 36.6 Å². The van der Waals surface area contributed by atoms with E-state index >= 15 is 0 Å². The minimum atomic E-state index is -0.173. The summed E-state index contributed by atoms with van der Waals surface area (Å²) in [6, 6.07) is 9.09. The minimum Gasteiger partial charge on any atom is -0.375 e. The Balaban J connectivity index is 1.47. The van der Waals surface area contributed by atoms with Crippen molar-refractivity contribution in [3.63, 3.8) is 0 Å². The molecule has 0 radical (unpaired) electrons. The van der Waals surface area contributed by atoms with Gasteiger partial charge in [0.15, 0.2) is 0 Å². The lowest BCUT2D eigenvalue weighted by molar-refractivity contribution is -0.103. The van der Waals surface area contributed by atoms with Gasteiger partial charge in [-0.05, 0) is 68.0 Å². The first kappa shape index (κ1) is 19.8. The van der Waals surface area contributed by atoms with Crippen molar-refractivity contribution >= 4 is 11.6 Å². The Hall–Kier alpha value is -1.49. The van der Waals surface area contributed by atoms with Crippen LogP contribution >= 0.6 is 11.6 Å². The molecule has 1 saturated carbocycles. The predicted molar refractivity (Wildman–Crippen MR) is 110 cm³/mol. The van der Waals surface area contributed by atoms with Crippen LogP contribution in [0.1, 0.15) is 56.1 Å². The molecule has 1 spiro atoms. The monoisotopic (exact) mass is 402 g/mol. The molecule has 150 valence electrons. The summed E-state index contributed by atoms with van der Waals surface area (Å²) in [7, 11) is 0. The molecule has 3 nitrogen and oxygen atoms in total. The molecule has 1 N–H and O–H groups in total. The Morgan fingerprint density at radius 1 is 1.11 bits per heavy atom. The highest BCUT2D eigenvalue weighted by atomic mass is 35.5. The molecule has 0 bridgehead atoms. The molecule has 1 saturated heterocycles. The topological polar surface area (TPSA) is 34.2 Å². The number of benzene rings is 1. The van der Waals surface area contributed by atoms with Crippen LogP contribution < -0.4 is 5.32 Å². The van der Waals surface area contributed by atoms with E-state index in [2.05, 4.69) is 10.3 Å². The fourth-order valence-electron chi connectivity index (χ4n) is 5.08. The molecular formula is C23H28ClFN2O. The molecule has 4 rings (SSSR count). The maximum absolute atomic E-state index is 13.5. The first-order chi connectivity index (χ1) is 13.6. The molecule has 0 unspecified atom stereocenters. The average Bonchev–Trinajstić information content (AvgIpc) is 3.13. The molecule has 2 aliphatic rings. The molecule has 5 heteroatoms. The zero-order valence-electron chi connectivity index (χ0n) is 16.2. The van der Waals surface area contributed by atoms with Crippen LogP contribution in [0, 0.1) is 5.82 Å². The highest BCUT2D eigenvalue weighted by Crippen LogP contribution is 2.50. The average molecular weight is 403 g/mol. The summed E-state index contributed by atoms with van der Waals surface area (Å²) in [4.78, 5) is 4.15. The van der Waals surface area contributed by atoms with Gasteiger partial charge in [0.05, 0.1) is 10.6 Å². The summed E-state index contributed by atoms with van der Waals surface area (Å²) in [6.07, 6.45) is 11.3. The number of pyridine rings is 1. The second-order valence-corrected chi connectivity index (χ2v) is 8.83. The molecule has 2 aromatic rings. The third-order valence-corrected chi connectivity index (χ3v) is 6.70. The maximum Gasteiger partial charge on any atom is 0.123 e. The van der Waals surface area contributed by atoms with Crippen molar-refractivity contribution in [3.8, 4) is 0 Å². The van der Waals surface area contributed by atoms with Gasteiger partial charge in [-0.15, -0.1) is 0 Å². The van der Waals surface area contributed by atoms with Gasteiger partial charge in [-0.2, -0.15) is 0 Å². The van der Waals surface area contributed by atoms with Crippen molar-refractivity contribution in [1.29, 1.82) is 0 Å². The number of rotatable bonds is 6. The molecule has 0 amide bonds. The zero-order chi connectivity index (χ0) is 19.5. The van der Waals surface area contributed by atoms with Crippen LogP contribution in [0.5, 0.6) is 0 Å². The molecule has 28 heavy (non-hydrogen) atoms. The fraction of sp³-hybridized carbons (Fsp3) is 0.522. The van der Waals surface area contributed by atoms with Gasteiger partial charge in [0.1, 0.15) is 5.82 Å². The van der Waals surface area contributed by atoms with E-state index in [4.69, 9.17) is 16.3 Å². The lowest BCUT2D eigenvalue weighted by atomic mass is 9.66. The quantitative estimate of drug-likeness (QED) is 0.655. The summed E-state index contributed by atoms with van der Waals surface area (Å²) < 4.78 is 19.8. The van der Waals surface area contributed by atoms with Crippen molar-refractivity contribution in [2.45, 2.75) is 62.5 Å². The van der Waals surface area contributed by atoms with Gasteiger partial charge in [0.2, 0.25) is 0 Å². The first-order valence-electron chi connectivity index (χ1n) is 10.3. The number of aromatic nitrogens is 1. The number of halogens is 2. The van der Waals surface area contributed by atoms with E-state index in [0.717, 1.165) is 57.4 Å². The van der Waals surface area contributed by atoms with Crippen LogP contribution in [-0.4, -0.2) is 23.7 Å². The van der Waals surface area contributed by atoms with Crippen molar-refractivity contribution in [2.24, 2.45) is 0 Å². The van der Waals surface area contributed by atoms with Crippen LogP contribution in [-0.2, 0) is 16.7 Å². The summed E-state index contributed by atoms with van der Waals surface area (Å²) in [6.45, 7) is 2.42.